The van der Waals surface area contributed by atoms with E-state index in [4.69, 9.17) is 9.15 Å². The molecule has 0 saturated carbocycles. The Kier molecular flexibility index (Phi) is 5.29. The van der Waals surface area contributed by atoms with Crippen LogP contribution in [0.3, 0.4) is 0 Å². The number of nitro benzene ring substituents is 1. The van der Waals surface area contributed by atoms with Crippen LogP contribution < -0.4 is 10.2 Å². The van der Waals surface area contributed by atoms with Crippen molar-refractivity contribution in [3.63, 3.8) is 0 Å². The van der Waals surface area contributed by atoms with Crippen molar-refractivity contribution in [1.82, 2.24) is 4.98 Å². The molecule has 1 aliphatic heterocycles. The Balaban J connectivity index is 1.35. The van der Waals surface area contributed by atoms with E-state index in [0.717, 1.165) is 11.0 Å². The van der Waals surface area contributed by atoms with Gasteiger partial charge in [-0.1, -0.05) is 18.2 Å². The highest BCUT2D eigenvalue weighted by atomic mass is 32.1. The number of aromatic nitrogens is 1. The van der Waals surface area contributed by atoms with E-state index in [0.29, 0.717) is 48.6 Å². The Morgan fingerprint density at radius 2 is 1.97 bits per heavy atom. The quantitative estimate of drug-likeness (QED) is 0.351. The molecule has 0 atom stereocenters. The monoisotopic (exact) mass is 450 g/mol. The molecule has 32 heavy (non-hydrogen) atoms. The van der Waals surface area contributed by atoms with Gasteiger partial charge in [0.05, 0.1) is 18.1 Å². The average Bonchev–Trinajstić information content (AvgIpc) is 3.46. The Bertz CT molecular complexity index is 1280. The van der Waals surface area contributed by atoms with Crippen molar-refractivity contribution >= 4 is 44.7 Å². The van der Waals surface area contributed by atoms with E-state index in [-0.39, 0.29) is 11.3 Å². The largest absolute Gasteiger partial charge is 0.454 e. The van der Waals surface area contributed by atoms with E-state index in [1.165, 1.54) is 17.4 Å². The second-order valence-electron chi connectivity index (χ2n) is 7.20. The van der Waals surface area contributed by atoms with Gasteiger partial charge in [-0.25, -0.2) is 4.98 Å². The van der Waals surface area contributed by atoms with Crippen LogP contribution in [0.5, 0.6) is 0 Å². The second kappa shape index (κ2) is 8.40. The molecule has 1 N–H and O–H groups in total. The van der Waals surface area contributed by atoms with Crippen molar-refractivity contribution in [1.29, 1.82) is 0 Å². The first-order valence-corrected chi connectivity index (χ1v) is 10.8. The number of para-hydroxylation sites is 1. The number of thiazole rings is 1. The number of anilines is 2. The Hall–Kier alpha value is -3.76. The molecule has 9 nitrogen and oxygen atoms in total. The molecule has 1 saturated heterocycles. The summed E-state index contributed by atoms with van der Waals surface area (Å²) in [5.74, 6) is 0.139. The number of nitro groups is 1. The molecule has 10 heteroatoms. The zero-order valence-electron chi connectivity index (χ0n) is 16.8. The summed E-state index contributed by atoms with van der Waals surface area (Å²) in [7, 11) is 0. The van der Waals surface area contributed by atoms with Gasteiger partial charge in [0.2, 0.25) is 0 Å². The van der Waals surface area contributed by atoms with Crippen LogP contribution in [-0.2, 0) is 4.74 Å². The standard InChI is InChI=1S/C22H18N4O5S/c27-21(15-5-6-17(18(11-15)26(28)29)25-7-9-30-10-8-25)24-22-23-16(13-32-22)20-12-14-3-1-2-4-19(14)31-20/h1-6,11-13H,7-10H2,(H,23,24,27). The summed E-state index contributed by atoms with van der Waals surface area (Å²) in [5.41, 5.74) is 1.93. The molecule has 2 aromatic carbocycles. The summed E-state index contributed by atoms with van der Waals surface area (Å²) >= 11 is 1.25. The fourth-order valence-electron chi connectivity index (χ4n) is 3.60. The van der Waals surface area contributed by atoms with Crippen LogP contribution in [0, 0.1) is 10.1 Å². The topological polar surface area (TPSA) is 111 Å². The molecule has 4 aromatic rings. The number of amides is 1. The molecule has 3 heterocycles. The highest BCUT2D eigenvalue weighted by Crippen LogP contribution is 2.32. The number of benzene rings is 2. The first-order chi connectivity index (χ1) is 15.6. The molecule has 0 bridgehead atoms. The van der Waals surface area contributed by atoms with E-state index >= 15 is 0 Å². The van der Waals surface area contributed by atoms with Crippen LogP contribution in [0.4, 0.5) is 16.5 Å². The molecule has 0 radical (unpaired) electrons. The number of nitrogens with zero attached hydrogens (tertiary/aromatic N) is 3. The average molecular weight is 450 g/mol. The number of fused-ring (bicyclic) bond motifs is 1. The fraction of sp³-hybridized carbons (Fsp3) is 0.182. The van der Waals surface area contributed by atoms with Crippen LogP contribution in [0.1, 0.15) is 10.4 Å². The number of furan rings is 1. The number of morpholine rings is 1. The summed E-state index contributed by atoms with van der Waals surface area (Å²) < 4.78 is 11.1. The lowest BCUT2D eigenvalue weighted by atomic mass is 10.1. The molecule has 162 valence electrons. The predicted octanol–water partition coefficient (Wildman–Crippen LogP) is 4.55. The first kappa shape index (κ1) is 20.2. The van der Waals surface area contributed by atoms with Crippen LogP contribution in [-0.4, -0.2) is 42.1 Å². The zero-order chi connectivity index (χ0) is 22.1. The number of hydrogen-bond donors (Lipinski definition) is 1. The van der Waals surface area contributed by atoms with Gasteiger partial charge in [0.15, 0.2) is 10.9 Å². The number of rotatable bonds is 5. The lowest BCUT2D eigenvalue weighted by Gasteiger charge is -2.28. The van der Waals surface area contributed by atoms with Gasteiger partial charge in [0.25, 0.3) is 11.6 Å². The molecule has 1 amide bonds. The Morgan fingerprint density at radius 3 is 2.75 bits per heavy atom. The summed E-state index contributed by atoms with van der Waals surface area (Å²) in [5, 5.41) is 17.5. The van der Waals surface area contributed by atoms with Crippen molar-refractivity contribution in [2.45, 2.75) is 0 Å². The van der Waals surface area contributed by atoms with E-state index in [9.17, 15) is 14.9 Å². The number of carbonyl (C=O) groups is 1. The lowest BCUT2D eigenvalue weighted by Crippen LogP contribution is -2.36. The molecular weight excluding hydrogens is 432 g/mol. The van der Waals surface area contributed by atoms with Crippen LogP contribution in [0.25, 0.3) is 22.4 Å². The number of nitrogens with one attached hydrogen (secondary N) is 1. The van der Waals surface area contributed by atoms with Gasteiger partial charge < -0.3 is 14.1 Å². The third-order valence-corrected chi connectivity index (χ3v) is 5.95. The van der Waals surface area contributed by atoms with Gasteiger partial charge in [0, 0.05) is 35.5 Å². The fourth-order valence-corrected chi connectivity index (χ4v) is 4.30. The van der Waals surface area contributed by atoms with Crippen molar-refractivity contribution in [2.24, 2.45) is 0 Å². The van der Waals surface area contributed by atoms with E-state index in [1.807, 2.05) is 35.2 Å². The van der Waals surface area contributed by atoms with E-state index in [2.05, 4.69) is 10.3 Å². The second-order valence-corrected chi connectivity index (χ2v) is 8.06. The van der Waals surface area contributed by atoms with Crippen LogP contribution in [0.2, 0.25) is 0 Å². The van der Waals surface area contributed by atoms with Crippen molar-refractivity contribution in [2.75, 3.05) is 36.5 Å². The molecule has 2 aromatic heterocycles. The summed E-state index contributed by atoms with van der Waals surface area (Å²) in [6, 6.07) is 14.0. The summed E-state index contributed by atoms with van der Waals surface area (Å²) in [6.07, 6.45) is 0. The van der Waals surface area contributed by atoms with Crippen LogP contribution in [0.15, 0.2) is 58.3 Å². The molecular formula is C22H18N4O5S. The minimum absolute atomic E-state index is 0.110. The highest BCUT2D eigenvalue weighted by molar-refractivity contribution is 7.14. The maximum Gasteiger partial charge on any atom is 0.293 e. The smallest absolute Gasteiger partial charge is 0.293 e. The Labute approximate surface area is 186 Å². The van der Waals surface area contributed by atoms with Gasteiger partial charge in [0.1, 0.15) is 17.0 Å². The molecule has 0 spiro atoms. The number of ether oxygens (including phenoxy) is 1. The summed E-state index contributed by atoms with van der Waals surface area (Å²) in [4.78, 5) is 30.2. The molecule has 1 aliphatic rings. The highest BCUT2D eigenvalue weighted by Gasteiger charge is 2.23. The van der Waals surface area contributed by atoms with E-state index < -0.39 is 10.8 Å². The predicted molar refractivity (Wildman–Crippen MR) is 121 cm³/mol. The zero-order valence-corrected chi connectivity index (χ0v) is 17.6. The third kappa shape index (κ3) is 3.93. The SMILES string of the molecule is O=C(Nc1nc(-c2cc3ccccc3o2)cs1)c1ccc(N2CCOCC2)c([N+](=O)[O-])c1. The lowest BCUT2D eigenvalue weighted by molar-refractivity contribution is -0.384. The summed E-state index contributed by atoms with van der Waals surface area (Å²) in [6.45, 7) is 2.15. The molecule has 5 rings (SSSR count). The normalized spacial score (nSPS) is 13.9. The van der Waals surface area contributed by atoms with Crippen molar-refractivity contribution in [3.05, 3.63) is 69.6 Å². The van der Waals surface area contributed by atoms with Gasteiger partial charge in [-0.2, -0.15) is 0 Å². The Morgan fingerprint density at radius 1 is 1.16 bits per heavy atom. The van der Waals surface area contributed by atoms with Crippen LogP contribution >= 0.6 is 11.3 Å². The number of hydrogen-bond acceptors (Lipinski definition) is 8. The third-order valence-electron chi connectivity index (χ3n) is 5.19. The minimum atomic E-state index is -0.468. The molecule has 0 aliphatic carbocycles. The maximum atomic E-state index is 12.7. The van der Waals surface area contributed by atoms with Crippen molar-refractivity contribution < 1.29 is 18.9 Å². The maximum absolute atomic E-state index is 12.7. The molecule has 0 unspecified atom stereocenters. The van der Waals surface area contributed by atoms with Gasteiger partial charge in [-0.15, -0.1) is 11.3 Å². The van der Waals surface area contributed by atoms with Gasteiger partial charge in [-0.3, -0.25) is 20.2 Å². The van der Waals surface area contributed by atoms with E-state index in [1.54, 1.807) is 17.5 Å². The molecule has 1 fully saturated rings. The van der Waals surface area contributed by atoms with Crippen molar-refractivity contribution in [3.8, 4) is 11.5 Å². The first-order valence-electron chi connectivity index (χ1n) is 9.95. The van der Waals surface area contributed by atoms with Gasteiger partial charge >= 0.3 is 0 Å². The number of carbonyl (C=O) groups excluding carboxylic acids is 1. The van der Waals surface area contributed by atoms with Gasteiger partial charge in [-0.05, 0) is 24.3 Å². The minimum Gasteiger partial charge on any atom is -0.454 e.